The number of nitrogens with zero attached hydrogens (tertiary/aromatic N) is 1. The number of rotatable bonds is 0. The van der Waals surface area contributed by atoms with Gasteiger partial charge in [-0.15, -0.1) is 0 Å². The number of phenols is 1. The SMILES string of the molecule is Cc1c(C)c2c(c(C)c1O)C(C#N)=CC1(CCC1)O2. The number of hydrogen-bond acceptors (Lipinski definition) is 3. The number of benzene rings is 1. The quantitative estimate of drug-likeness (QED) is 0.771. The first-order valence-electron chi connectivity index (χ1n) is 6.64. The molecule has 1 aromatic rings. The Bertz CT molecular complexity index is 646. The largest absolute Gasteiger partial charge is 0.507 e. The summed E-state index contributed by atoms with van der Waals surface area (Å²) >= 11 is 0. The molecule has 0 atom stereocenters. The summed E-state index contributed by atoms with van der Waals surface area (Å²) in [7, 11) is 0. The van der Waals surface area contributed by atoms with Gasteiger partial charge in [-0.3, -0.25) is 0 Å². The predicted molar refractivity (Wildman–Crippen MR) is 73.1 cm³/mol. The molecule has 3 heteroatoms. The smallest absolute Gasteiger partial charge is 0.132 e. The van der Waals surface area contributed by atoms with Crippen molar-refractivity contribution >= 4 is 5.57 Å². The fraction of sp³-hybridized carbons (Fsp3) is 0.438. The highest BCUT2D eigenvalue weighted by molar-refractivity contribution is 5.87. The standard InChI is InChI=1S/C16H17NO2/c1-9-10(2)15-13(11(3)14(9)18)12(8-17)7-16(19-15)5-4-6-16/h7,18H,4-6H2,1-3H3. The van der Waals surface area contributed by atoms with E-state index in [9.17, 15) is 10.4 Å². The molecule has 1 saturated carbocycles. The molecule has 1 aromatic carbocycles. The second kappa shape index (κ2) is 3.77. The van der Waals surface area contributed by atoms with Crippen LogP contribution in [0.4, 0.5) is 0 Å². The zero-order valence-electron chi connectivity index (χ0n) is 11.5. The molecule has 1 aliphatic carbocycles. The molecule has 0 amide bonds. The Kier molecular flexibility index (Phi) is 2.40. The Balaban J connectivity index is 2.30. The second-order valence-corrected chi connectivity index (χ2v) is 5.62. The van der Waals surface area contributed by atoms with Crippen molar-refractivity contribution in [2.45, 2.75) is 45.6 Å². The monoisotopic (exact) mass is 255 g/mol. The maximum absolute atomic E-state index is 10.2. The van der Waals surface area contributed by atoms with Crippen molar-refractivity contribution in [2.24, 2.45) is 0 Å². The lowest BCUT2D eigenvalue weighted by molar-refractivity contribution is 0.0369. The molecule has 2 aliphatic rings. The molecular weight excluding hydrogens is 238 g/mol. The lowest BCUT2D eigenvalue weighted by Crippen LogP contribution is -2.43. The molecule has 0 aromatic heterocycles. The Hall–Kier alpha value is -1.95. The van der Waals surface area contributed by atoms with Gasteiger partial charge in [-0.25, -0.2) is 0 Å². The normalized spacial score (nSPS) is 18.9. The van der Waals surface area contributed by atoms with Gasteiger partial charge in [-0.2, -0.15) is 5.26 Å². The van der Waals surface area contributed by atoms with E-state index in [1.54, 1.807) is 0 Å². The zero-order valence-corrected chi connectivity index (χ0v) is 11.5. The van der Waals surface area contributed by atoms with Crippen LogP contribution in [0.1, 0.15) is 41.5 Å². The summed E-state index contributed by atoms with van der Waals surface area (Å²) in [4.78, 5) is 0. The molecule has 0 bridgehead atoms. The van der Waals surface area contributed by atoms with Gasteiger partial charge in [-0.05, 0) is 57.2 Å². The number of nitriles is 1. The Labute approximate surface area is 113 Å². The van der Waals surface area contributed by atoms with E-state index in [2.05, 4.69) is 6.07 Å². The van der Waals surface area contributed by atoms with E-state index in [0.29, 0.717) is 5.57 Å². The lowest BCUT2D eigenvalue weighted by atomic mass is 9.75. The number of aromatic hydroxyl groups is 1. The minimum atomic E-state index is -0.279. The van der Waals surface area contributed by atoms with Crippen LogP contribution in [0.15, 0.2) is 6.08 Å². The number of hydrogen-bond donors (Lipinski definition) is 1. The highest BCUT2D eigenvalue weighted by Crippen LogP contribution is 2.50. The van der Waals surface area contributed by atoms with Gasteiger partial charge in [0.05, 0.1) is 11.6 Å². The van der Waals surface area contributed by atoms with Crippen LogP contribution in [0, 0.1) is 32.1 Å². The van der Waals surface area contributed by atoms with E-state index in [1.165, 1.54) is 0 Å². The topological polar surface area (TPSA) is 53.2 Å². The molecule has 19 heavy (non-hydrogen) atoms. The van der Waals surface area contributed by atoms with Gasteiger partial charge >= 0.3 is 0 Å². The van der Waals surface area contributed by atoms with Crippen molar-refractivity contribution in [1.29, 1.82) is 5.26 Å². The van der Waals surface area contributed by atoms with E-state index in [0.717, 1.165) is 47.3 Å². The van der Waals surface area contributed by atoms with E-state index >= 15 is 0 Å². The second-order valence-electron chi connectivity index (χ2n) is 5.62. The summed E-state index contributed by atoms with van der Waals surface area (Å²) in [6.07, 6.45) is 5.02. The summed E-state index contributed by atoms with van der Waals surface area (Å²) in [5.74, 6) is 1.05. The van der Waals surface area contributed by atoms with E-state index in [1.807, 2.05) is 26.8 Å². The average Bonchev–Trinajstić information content (AvgIpc) is 2.39. The van der Waals surface area contributed by atoms with Gasteiger partial charge in [-0.1, -0.05) is 0 Å². The predicted octanol–water partition coefficient (Wildman–Crippen LogP) is 3.54. The Morgan fingerprint density at radius 1 is 1.21 bits per heavy atom. The molecule has 0 unspecified atom stereocenters. The minimum Gasteiger partial charge on any atom is -0.507 e. The van der Waals surface area contributed by atoms with Gasteiger partial charge in [0.15, 0.2) is 0 Å². The van der Waals surface area contributed by atoms with E-state index < -0.39 is 0 Å². The molecule has 3 nitrogen and oxygen atoms in total. The number of phenolic OH excluding ortho intramolecular Hbond substituents is 1. The molecule has 1 fully saturated rings. The highest BCUT2D eigenvalue weighted by atomic mass is 16.5. The van der Waals surface area contributed by atoms with Gasteiger partial charge in [0.1, 0.15) is 17.1 Å². The van der Waals surface area contributed by atoms with Crippen molar-refractivity contribution < 1.29 is 9.84 Å². The summed E-state index contributed by atoms with van der Waals surface area (Å²) < 4.78 is 6.20. The van der Waals surface area contributed by atoms with Crippen LogP contribution >= 0.6 is 0 Å². The third-order valence-corrected chi connectivity index (χ3v) is 4.52. The number of allylic oxidation sites excluding steroid dienone is 1. The van der Waals surface area contributed by atoms with Crippen LogP contribution in [-0.4, -0.2) is 10.7 Å². The van der Waals surface area contributed by atoms with Gasteiger partial charge in [0.25, 0.3) is 0 Å². The first-order valence-corrected chi connectivity index (χ1v) is 6.64. The molecule has 0 saturated heterocycles. The third-order valence-electron chi connectivity index (χ3n) is 4.52. The number of ether oxygens (including phenoxy) is 1. The molecule has 0 radical (unpaired) electrons. The van der Waals surface area contributed by atoms with Crippen molar-refractivity contribution in [3.63, 3.8) is 0 Å². The number of fused-ring (bicyclic) bond motifs is 1. The molecule has 1 heterocycles. The summed E-state index contributed by atoms with van der Waals surface area (Å²) in [5.41, 5.74) is 3.63. The fourth-order valence-corrected chi connectivity index (χ4v) is 2.98. The van der Waals surface area contributed by atoms with Crippen LogP contribution in [0.5, 0.6) is 11.5 Å². The molecule has 1 aliphatic heterocycles. The van der Waals surface area contributed by atoms with Crippen molar-refractivity contribution in [2.75, 3.05) is 0 Å². The molecule has 1 spiro atoms. The van der Waals surface area contributed by atoms with Gasteiger partial charge in [0, 0.05) is 11.1 Å². The summed E-state index contributed by atoms with van der Waals surface area (Å²) in [6, 6.07) is 2.27. The lowest BCUT2D eigenvalue weighted by Gasteiger charge is -2.43. The average molecular weight is 255 g/mol. The van der Waals surface area contributed by atoms with Gasteiger partial charge < -0.3 is 9.84 Å². The minimum absolute atomic E-state index is 0.269. The first-order chi connectivity index (χ1) is 8.99. The maximum atomic E-state index is 10.2. The van der Waals surface area contributed by atoms with Gasteiger partial charge in [0.2, 0.25) is 0 Å². The molecule has 98 valence electrons. The van der Waals surface area contributed by atoms with E-state index in [4.69, 9.17) is 4.74 Å². The van der Waals surface area contributed by atoms with Crippen LogP contribution in [-0.2, 0) is 0 Å². The van der Waals surface area contributed by atoms with Crippen LogP contribution in [0.2, 0.25) is 0 Å². The fourth-order valence-electron chi connectivity index (χ4n) is 2.98. The van der Waals surface area contributed by atoms with Crippen LogP contribution < -0.4 is 4.74 Å². The van der Waals surface area contributed by atoms with Crippen LogP contribution in [0.25, 0.3) is 5.57 Å². The Morgan fingerprint density at radius 3 is 2.42 bits per heavy atom. The van der Waals surface area contributed by atoms with Crippen molar-refractivity contribution in [3.05, 3.63) is 28.3 Å². The maximum Gasteiger partial charge on any atom is 0.132 e. The molecular formula is C16H17NO2. The first kappa shape index (κ1) is 12.1. The molecule has 3 rings (SSSR count). The highest BCUT2D eigenvalue weighted by Gasteiger charge is 2.42. The zero-order chi connectivity index (χ0) is 13.8. The third kappa shape index (κ3) is 1.49. The summed E-state index contributed by atoms with van der Waals surface area (Å²) in [5, 5.41) is 19.6. The van der Waals surface area contributed by atoms with Crippen LogP contribution in [0.3, 0.4) is 0 Å². The molecule has 1 N–H and O–H groups in total. The summed E-state index contributed by atoms with van der Waals surface area (Å²) in [6.45, 7) is 5.67. The Morgan fingerprint density at radius 2 is 1.89 bits per heavy atom. The van der Waals surface area contributed by atoms with E-state index in [-0.39, 0.29) is 11.4 Å². The van der Waals surface area contributed by atoms with Crippen molar-refractivity contribution in [3.8, 4) is 17.6 Å². The van der Waals surface area contributed by atoms with Crippen molar-refractivity contribution in [1.82, 2.24) is 0 Å².